The van der Waals surface area contributed by atoms with E-state index < -0.39 is 0 Å². The zero-order chi connectivity index (χ0) is 12.3. The molecule has 1 saturated heterocycles. The number of thioether (sulfide) groups is 1. The molecule has 94 valence electrons. The van der Waals surface area contributed by atoms with Gasteiger partial charge in [-0.2, -0.15) is 0 Å². The molecule has 0 aromatic carbocycles. The van der Waals surface area contributed by atoms with Crippen molar-refractivity contribution in [2.75, 3.05) is 30.8 Å². The minimum Gasteiger partial charge on any atom is -0.356 e. The van der Waals surface area contributed by atoms with E-state index in [2.05, 4.69) is 27.9 Å². The zero-order valence-electron chi connectivity index (χ0n) is 10.5. The van der Waals surface area contributed by atoms with Gasteiger partial charge < -0.3 is 10.6 Å². The number of hydrogen-bond donors (Lipinski definition) is 1. The van der Waals surface area contributed by atoms with Gasteiger partial charge >= 0.3 is 0 Å². The minimum atomic E-state index is 0.311. The molecule has 2 N–H and O–H groups in total. The van der Waals surface area contributed by atoms with Crippen LogP contribution in [0.3, 0.4) is 0 Å². The van der Waals surface area contributed by atoms with Crippen molar-refractivity contribution in [3.05, 3.63) is 12.4 Å². The van der Waals surface area contributed by atoms with Crippen LogP contribution in [0.25, 0.3) is 0 Å². The van der Waals surface area contributed by atoms with Gasteiger partial charge in [0.1, 0.15) is 17.2 Å². The Labute approximate surface area is 107 Å². The Bertz CT molecular complexity index is 375. The molecule has 1 aliphatic heterocycles. The van der Waals surface area contributed by atoms with Crippen LogP contribution in [0.5, 0.6) is 0 Å². The highest BCUT2D eigenvalue weighted by Gasteiger charge is 2.29. The van der Waals surface area contributed by atoms with Crippen LogP contribution >= 0.6 is 11.8 Å². The Kier molecular flexibility index (Phi) is 3.89. The number of aromatic nitrogens is 2. The van der Waals surface area contributed by atoms with E-state index in [4.69, 9.17) is 5.73 Å². The summed E-state index contributed by atoms with van der Waals surface area (Å²) >= 11 is 1.65. The Morgan fingerprint density at radius 2 is 2.12 bits per heavy atom. The SMILES string of the molecule is CSc1cc(N2CCC(C)(CN)CC2)ncn1. The second kappa shape index (κ2) is 5.23. The summed E-state index contributed by atoms with van der Waals surface area (Å²) in [7, 11) is 0. The van der Waals surface area contributed by atoms with Crippen molar-refractivity contribution >= 4 is 17.6 Å². The minimum absolute atomic E-state index is 0.311. The first-order chi connectivity index (χ1) is 8.17. The van der Waals surface area contributed by atoms with Gasteiger partial charge in [-0.05, 0) is 31.1 Å². The van der Waals surface area contributed by atoms with E-state index in [9.17, 15) is 0 Å². The highest BCUT2D eigenvalue weighted by Crippen LogP contribution is 2.31. The summed E-state index contributed by atoms with van der Waals surface area (Å²) in [6.07, 6.45) is 5.97. The normalized spacial score (nSPS) is 19.4. The fourth-order valence-corrected chi connectivity index (χ4v) is 2.47. The van der Waals surface area contributed by atoms with Gasteiger partial charge in [0.2, 0.25) is 0 Å². The molecule has 0 bridgehead atoms. The summed E-state index contributed by atoms with van der Waals surface area (Å²) in [5.41, 5.74) is 6.13. The molecular weight excluding hydrogens is 232 g/mol. The third-order valence-electron chi connectivity index (χ3n) is 3.62. The summed E-state index contributed by atoms with van der Waals surface area (Å²) < 4.78 is 0. The Balaban J connectivity index is 2.05. The molecule has 1 aromatic heterocycles. The van der Waals surface area contributed by atoms with Gasteiger partial charge in [0, 0.05) is 19.2 Å². The van der Waals surface area contributed by atoms with Crippen LogP contribution in [0.15, 0.2) is 17.4 Å². The largest absolute Gasteiger partial charge is 0.356 e. The van der Waals surface area contributed by atoms with E-state index in [1.54, 1.807) is 18.1 Å². The van der Waals surface area contributed by atoms with Crippen molar-refractivity contribution in [1.29, 1.82) is 0 Å². The predicted octanol–water partition coefficient (Wildman–Crippen LogP) is 1.76. The van der Waals surface area contributed by atoms with E-state index in [1.807, 2.05) is 6.26 Å². The van der Waals surface area contributed by atoms with Crippen LogP contribution in [0, 0.1) is 5.41 Å². The van der Waals surface area contributed by atoms with Crippen molar-refractivity contribution in [3.8, 4) is 0 Å². The number of hydrogen-bond acceptors (Lipinski definition) is 5. The molecule has 2 heterocycles. The van der Waals surface area contributed by atoms with Crippen molar-refractivity contribution in [2.45, 2.75) is 24.8 Å². The zero-order valence-corrected chi connectivity index (χ0v) is 11.3. The fourth-order valence-electron chi connectivity index (χ4n) is 2.09. The first-order valence-electron chi connectivity index (χ1n) is 5.98. The predicted molar refractivity (Wildman–Crippen MR) is 72.4 cm³/mol. The van der Waals surface area contributed by atoms with E-state index in [1.165, 1.54) is 0 Å². The van der Waals surface area contributed by atoms with Gasteiger partial charge in [0.15, 0.2) is 0 Å². The molecule has 0 saturated carbocycles. The van der Waals surface area contributed by atoms with Crippen LogP contribution in [0.1, 0.15) is 19.8 Å². The highest BCUT2D eigenvalue weighted by molar-refractivity contribution is 7.98. The first-order valence-corrected chi connectivity index (χ1v) is 7.20. The third-order valence-corrected chi connectivity index (χ3v) is 4.27. The van der Waals surface area contributed by atoms with Gasteiger partial charge in [0.25, 0.3) is 0 Å². The molecule has 1 fully saturated rings. The van der Waals surface area contributed by atoms with Crippen molar-refractivity contribution in [1.82, 2.24) is 9.97 Å². The molecule has 0 unspecified atom stereocenters. The molecule has 4 nitrogen and oxygen atoms in total. The number of anilines is 1. The van der Waals surface area contributed by atoms with Gasteiger partial charge in [-0.3, -0.25) is 0 Å². The van der Waals surface area contributed by atoms with Gasteiger partial charge in [-0.15, -0.1) is 11.8 Å². The van der Waals surface area contributed by atoms with E-state index >= 15 is 0 Å². The summed E-state index contributed by atoms with van der Waals surface area (Å²) in [6.45, 7) is 5.13. The maximum absolute atomic E-state index is 5.82. The fraction of sp³-hybridized carbons (Fsp3) is 0.667. The summed E-state index contributed by atoms with van der Waals surface area (Å²) in [6, 6.07) is 2.07. The summed E-state index contributed by atoms with van der Waals surface area (Å²) in [4.78, 5) is 10.9. The van der Waals surface area contributed by atoms with Crippen LogP contribution < -0.4 is 10.6 Å². The molecule has 0 amide bonds. The van der Waals surface area contributed by atoms with Gasteiger partial charge in [0.05, 0.1) is 0 Å². The Morgan fingerprint density at radius 1 is 1.41 bits per heavy atom. The van der Waals surface area contributed by atoms with Crippen LogP contribution in [0.2, 0.25) is 0 Å². The number of nitrogens with zero attached hydrogens (tertiary/aromatic N) is 3. The average Bonchev–Trinajstić information content (AvgIpc) is 2.40. The van der Waals surface area contributed by atoms with E-state index in [-0.39, 0.29) is 0 Å². The third kappa shape index (κ3) is 2.90. The molecule has 1 aromatic rings. The molecule has 2 rings (SSSR count). The van der Waals surface area contributed by atoms with Crippen molar-refractivity contribution in [2.24, 2.45) is 11.1 Å². The second-order valence-corrected chi connectivity index (χ2v) is 5.75. The van der Waals surface area contributed by atoms with Crippen molar-refractivity contribution in [3.63, 3.8) is 0 Å². The lowest BCUT2D eigenvalue weighted by Crippen LogP contribution is -2.42. The molecular formula is C12H20N4S. The maximum atomic E-state index is 5.82. The molecule has 0 atom stereocenters. The Morgan fingerprint density at radius 3 is 2.71 bits per heavy atom. The Hall–Kier alpha value is -0.810. The van der Waals surface area contributed by atoms with Crippen LogP contribution in [-0.2, 0) is 0 Å². The smallest absolute Gasteiger partial charge is 0.133 e. The standard InChI is InChI=1S/C12H20N4S/c1-12(8-13)3-5-16(6-4-12)10-7-11(17-2)15-9-14-10/h7,9H,3-6,8,13H2,1-2H3. The molecule has 0 radical (unpaired) electrons. The highest BCUT2D eigenvalue weighted by atomic mass is 32.2. The number of nitrogens with two attached hydrogens (primary N) is 1. The molecule has 5 heteroatoms. The van der Waals surface area contributed by atoms with Crippen LogP contribution in [-0.4, -0.2) is 35.9 Å². The van der Waals surface area contributed by atoms with Crippen molar-refractivity contribution < 1.29 is 0 Å². The lowest BCUT2D eigenvalue weighted by Gasteiger charge is -2.39. The summed E-state index contributed by atoms with van der Waals surface area (Å²) in [5.74, 6) is 1.04. The van der Waals surface area contributed by atoms with E-state index in [0.717, 1.165) is 43.3 Å². The van der Waals surface area contributed by atoms with Gasteiger partial charge in [-0.25, -0.2) is 9.97 Å². The topological polar surface area (TPSA) is 55.0 Å². The quantitative estimate of drug-likeness (QED) is 0.656. The number of rotatable bonds is 3. The van der Waals surface area contributed by atoms with Crippen LogP contribution in [0.4, 0.5) is 5.82 Å². The molecule has 0 aliphatic carbocycles. The van der Waals surface area contributed by atoms with E-state index in [0.29, 0.717) is 5.41 Å². The average molecular weight is 252 g/mol. The number of piperidine rings is 1. The molecule has 0 spiro atoms. The maximum Gasteiger partial charge on any atom is 0.133 e. The monoisotopic (exact) mass is 252 g/mol. The lowest BCUT2D eigenvalue weighted by molar-refractivity contribution is 0.258. The van der Waals surface area contributed by atoms with Gasteiger partial charge in [-0.1, -0.05) is 6.92 Å². The second-order valence-electron chi connectivity index (χ2n) is 4.92. The first kappa shape index (κ1) is 12.6. The summed E-state index contributed by atoms with van der Waals surface area (Å²) in [5, 5.41) is 1.03. The lowest BCUT2D eigenvalue weighted by atomic mass is 9.80. The molecule has 1 aliphatic rings. The molecule has 17 heavy (non-hydrogen) atoms.